The van der Waals surface area contributed by atoms with Gasteiger partial charge in [-0.25, -0.2) is 9.37 Å². The zero-order chi connectivity index (χ0) is 16.9. The van der Waals surface area contributed by atoms with Crippen molar-refractivity contribution in [2.75, 3.05) is 18.4 Å². The SMILES string of the molecule is CCNC(=O)c1cccc(-c2cnc3c(c2Cl)C2(CC2)CN3)c1F. The van der Waals surface area contributed by atoms with Gasteiger partial charge in [-0.05, 0) is 25.8 Å². The van der Waals surface area contributed by atoms with E-state index in [0.717, 1.165) is 30.8 Å². The second-order valence-electron chi connectivity index (χ2n) is 6.37. The highest BCUT2D eigenvalue weighted by molar-refractivity contribution is 6.34. The van der Waals surface area contributed by atoms with E-state index in [0.29, 0.717) is 22.7 Å². The number of aromatic nitrogens is 1. The van der Waals surface area contributed by atoms with Crippen LogP contribution in [0.3, 0.4) is 0 Å². The summed E-state index contributed by atoms with van der Waals surface area (Å²) < 4.78 is 14.9. The van der Waals surface area contributed by atoms with Crippen LogP contribution in [0.1, 0.15) is 35.7 Å². The summed E-state index contributed by atoms with van der Waals surface area (Å²) in [6, 6.07) is 4.77. The first-order chi connectivity index (χ1) is 11.6. The van der Waals surface area contributed by atoms with E-state index in [1.165, 1.54) is 6.07 Å². The Hall–Kier alpha value is -2.14. The Balaban J connectivity index is 1.84. The van der Waals surface area contributed by atoms with Crippen LogP contribution in [0, 0.1) is 5.82 Å². The van der Waals surface area contributed by atoms with Crippen LogP contribution >= 0.6 is 11.6 Å². The van der Waals surface area contributed by atoms with Crippen LogP contribution in [-0.2, 0) is 5.41 Å². The van der Waals surface area contributed by atoms with Gasteiger partial charge in [-0.1, -0.05) is 23.7 Å². The number of anilines is 1. The number of hydrogen-bond donors (Lipinski definition) is 2. The Morgan fingerprint density at radius 2 is 2.21 bits per heavy atom. The Labute approximate surface area is 144 Å². The molecule has 4 rings (SSSR count). The molecule has 2 N–H and O–H groups in total. The summed E-state index contributed by atoms with van der Waals surface area (Å²) in [7, 11) is 0. The standard InChI is InChI=1S/C18H17ClFN3O/c1-2-21-17(24)11-5-3-4-10(15(11)20)12-8-22-16-13(14(12)19)18(6-7-18)9-23-16/h3-5,8H,2,6-7,9H2,1H3,(H,21,24)(H,22,23). The molecule has 1 aliphatic carbocycles. The van der Waals surface area contributed by atoms with Gasteiger partial charge >= 0.3 is 0 Å². The van der Waals surface area contributed by atoms with Crippen LogP contribution in [0.15, 0.2) is 24.4 Å². The van der Waals surface area contributed by atoms with Crippen molar-refractivity contribution in [1.82, 2.24) is 10.3 Å². The molecule has 1 aromatic heterocycles. The van der Waals surface area contributed by atoms with Crippen LogP contribution in [0.25, 0.3) is 11.1 Å². The molecule has 1 aliphatic heterocycles. The number of carbonyl (C=O) groups excluding carboxylic acids is 1. The monoisotopic (exact) mass is 345 g/mol. The van der Waals surface area contributed by atoms with Gasteiger partial charge in [0.2, 0.25) is 0 Å². The largest absolute Gasteiger partial charge is 0.369 e. The van der Waals surface area contributed by atoms with Crippen molar-refractivity contribution in [1.29, 1.82) is 0 Å². The molecule has 1 aromatic carbocycles. The number of fused-ring (bicyclic) bond motifs is 2. The van der Waals surface area contributed by atoms with Crippen molar-refractivity contribution in [3.63, 3.8) is 0 Å². The molecule has 24 heavy (non-hydrogen) atoms. The van der Waals surface area contributed by atoms with E-state index in [-0.39, 0.29) is 11.0 Å². The Morgan fingerprint density at radius 3 is 2.92 bits per heavy atom. The molecule has 1 fully saturated rings. The number of nitrogens with zero attached hydrogens (tertiary/aromatic N) is 1. The zero-order valence-electron chi connectivity index (χ0n) is 13.2. The van der Waals surface area contributed by atoms with E-state index < -0.39 is 11.7 Å². The molecule has 0 saturated heterocycles. The lowest BCUT2D eigenvalue weighted by Gasteiger charge is -2.14. The highest BCUT2D eigenvalue weighted by atomic mass is 35.5. The molecule has 124 valence electrons. The van der Waals surface area contributed by atoms with Crippen molar-refractivity contribution in [2.45, 2.75) is 25.2 Å². The van der Waals surface area contributed by atoms with E-state index >= 15 is 0 Å². The highest BCUT2D eigenvalue weighted by Crippen LogP contribution is 2.57. The number of hydrogen-bond acceptors (Lipinski definition) is 3. The lowest BCUT2D eigenvalue weighted by molar-refractivity contribution is 0.0952. The fourth-order valence-corrected chi connectivity index (χ4v) is 3.83. The van der Waals surface area contributed by atoms with Gasteiger partial charge in [-0.15, -0.1) is 0 Å². The number of benzene rings is 1. The molecule has 2 aliphatic rings. The molecular formula is C18H17ClFN3O. The van der Waals surface area contributed by atoms with Gasteiger partial charge < -0.3 is 10.6 Å². The number of rotatable bonds is 3. The molecule has 6 heteroatoms. The third-order valence-corrected chi connectivity index (χ3v) is 5.26. The van der Waals surface area contributed by atoms with Gasteiger partial charge in [0, 0.05) is 41.4 Å². The fourth-order valence-electron chi connectivity index (χ4n) is 3.38. The molecule has 0 bridgehead atoms. The van der Waals surface area contributed by atoms with Gasteiger partial charge in [0.15, 0.2) is 0 Å². The molecule has 1 saturated carbocycles. The van der Waals surface area contributed by atoms with Crippen molar-refractivity contribution in [3.05, 3.63) is 46.4 Å². The average Bonchev–Trinajstić information content (AvgIpc) is 3.24. The van der Waals surface area contributed by atoms with Crippen LogP contribution in [0.5, 0.6) is 0 Å². The van der Waals surface area contributed by atoms with Crippen LogP contribution in [0.4, 0.5) is 10.2 Å². The van der Waals surface area contributed by atoms with Crippen LogP contribution < -0.4 is 10.6 Å². The summed E-state index contributed by atoms with van der Waals surface area (Å²) >= 11 is 6.63. The molecule has 2 aromatic rings. The van der Waals surface area contributed by atoms with E-state index in [4.69, 9.17) is 11.6 Å². The van der Waals surface area contributed by atoms with E-state index in [2.05, 4.69) is 15.6 Å². The summed E-state index contributed by atoms with van der Waals surface area (Å²) in [6.07, 6.45) is 3.72. The summed E-state index contributed by atoms with van der Waals surface area (Å²) in [5, 5.41) is 6.44. The minimum absolute atomic E-state index is 0.0187. The maximum Gasteiger partial charge on any atom is 0.254 e. The maximum absolute atomic E-state index is 14.9. The molecular weight excluding hydrogens is 329 g/mol. The topological polar surface area (TPSA) is 54.0 Å². The van der Waals surface area contributed by atoms with E-state index in [9.17, 15) is 9.18 Å². The fraction of sp³-hybridized carbons (Fsp3) is 0.333. The first-order valence-electron chi connectivity index (χ1n) is 8.07. The second-order valence-corrected chi connectivity index (χ2v) is 6.75. The number of halogens is 2. The first kappa shape index (κ1) is 15.4. The smallest absolute Gasteiger partial charge is 0.254 e. The quantitative estimate of drug-likeness (QED) is 0.890. The normalized spacial score (nSPS) is 16.6. The second kappa shape index (κ2) is 5.45. The third kappa shape index (κ3) is 2.18. The maximum atomic E-state index is 14.9. The molecule has 1 spiro atoms. The lowest BCUT2D eigenvalue weighted by Crippen LogP contribution is -2.23. The van der Waals surface area contributed by atoms with Crippen LogP contribution in [0.2, 0.25) is 5.02 Å². The summed E-state index contributed by atoms with van der Waals surface area (Å²) in [4.78, 5) is 16.4. The molecule has 0 radical (unpaired) electrons. The third-order valence-electron chi connectivity index (χ3n) is 4.86. The van der Waals surface area contributed by atoms with Gasteiger partial charge in [0.25, 0.3) is 5.91 Å². The van der Waals surface area contributed by atoms with Gasteiger partial charge in [0.05, 0.1) is 10.6 Å². The molecule has 2 heterocycles. The van der Waals surface area contributed by atoms with Crippen molar-refractivity contribution < 1.29 is 9.18 Å². The number of nitrogens with one attached hydrogen (secondary N) is 2. The number of amides is 1. The molecule has 0 atom stereocenters. The van der Waals surface area contributed by atoms with E-state index in [1.807, 2.05) is 0 Å². The van der Waals surface area contributed by atoms with Crippen LogP contribution in [-0.4, -0.2) is 24.0 Å². The minimum atomic E-state index is -0.567. The average molecular weight is 346 g/mol. The molecule has 1 amide bonds. The highest BCUT2D eigenvalue weighted by Gasteiger charge is 2.51. The van der Waals surface area contributed by atoms with Gasteiger partial charge in [-0.3, -0.25) is 4.79 Å². The zero-order valence-corrected chi connectivity index (χ0v) is 14.0. The molecule has 0 unspecified atom stereocenters. The van der Waals surface area contributed by atoms with Crippen molar-refractivity contribution in [3.8, 4) is 11.1 Å². The number of carbonyl (C=O) groups is 1. The van der Waals surface area contributed by atoms with Crippen molar-refractivity contribution >= 4 is 23.3 Å². The Kier molecular flexibility index (Phi) is 3.49. The molecule has 4 nitrogen and oxygen atoms in total. The predicted molar refractivity (Wildman–Crippen MR) is 92.0 cm³/mol. The Morgan fingerprint density at radius 1 is 1.42 bits per heavy atom. The Bertz CT molecular complexity index is 848. The summed E-state index contributed by atoms with van der Waals surface area (Å²) in [5.74, 6) is -0.202. The van der Waals surface area contributed by atoms with Crippen molar-refractivity contribution in [2.24, 2.45) is 0 Å². The lowest BCUT2D eigenvalue weighted by atomic mass is 9.95. The minimum Gasteiger partial charge on any atom is -0.369 e. The van der Waals surface area contributed by atoms with E-state index in [1.54, 1.807) is 25.3 Å². The van der Waals surface area contributed by atoms with Gasteiger partial charge in [-0.2, -0.15) is 0 Å². The first-order valence-corrected chi connectivity index (χ1v) is 8.45. The summed E-state index contributed by atoms with van der Waals surface area (Å²) in [5.41, 5.74) is 1.91. The van der Waals surface area contributed by atoms with Gasteiger partial charge in [0.1, 0.15) is 11.6 Å². The number of pyridine rings is 1. The predicted octanol–water partition coefficient (Wildman–Crippen LogP) is 3.75. The summed E-state index contributed by atoms with van der Waals surface area (Å²) in [6.45, 7) is 3.07.